The molecule has 4 nitrogen and oxygen atoms in total. The fraction of sp³-hybridized carbons (Fsp3) is 0.889. The van der Waals surface area contributed by atoms with Crippen LogP contribution in [0.5, 0.6) is 0 Å². The van der Waals surface area contributed by atoms with Gasteiger partial charge in [-0.25, -0.2) is 0 Å². The second-order valence-electron chi connectivity index (χ2n) is 4.03. The predicted molar refractivity (Wildman–Crippen MR) is 53.4 cm³/mol. The molecular formula is C9H19N3O. The van der Waals surface area contributed by atoms with Gasteiger partial charge < -0.3 is 16.2 Å². The van der Waals surface area contributed by atoms with Crippen molar-refractivity contribution in [3.63, 3.8) is 0 Å². The first kappa shape index (κ1) is 10.3. The highest BCUT2D eigenvalue weighted by Crippen LogP contribution is 2.26. The van der Waals surface area contributed by atoms with Crippen LogP contribution in [-0.2, 0) is 4.74 Å². The zero-order valence-electron chi connectivity index (χ0n) is 8.36. The summed E-state index contributed by atoms with van der Waals surface area (Å²) in [4.78, 5) is 4.05. The number of guanidine groups is 1. The summed E-state index contributed by atoms with van der Waals surface area (Å²) < 4.78 is 5.60. The van der Waals surface area contributed by atoms with Gasteiger partial charge in [-0.1, -0.05) is 13.8 Å². The lowest BCUT2D eigenvalue weighted by atomic mass is 9.90. The summed E-state index contributed by atoms with van der Waals surface area (Å²) in [6.07, 6.45) is 2.30. The normalized spacial score (nSPS) is 27.0. The molecule has 0 aromatic carbocycles. The van der Waals surface area contributed by atoms with Crippen molar-refractivity contribution in [2.75, 3.05) is 6.61 Å². The van der Waals surface area contributed by atoms with Crippen LogP contribution in [-0.4, -0.2) is 24.7 Å². The molecule has 0 aromatic rings. The van der Waals surface area contributed by atoms with E-state index in [1.807, 2.05) is 0 Å². The van der Waals surface area contributed by atoms with E-state index in [0.29, 0.717) is 18.1 Å². The van der Waals surface area contributed by atoms with Crippen molar-refractivity contribution >= 4 is 5.96 Å². The van der Waals surface area contributed by atoms with Crippen molar-refractivity contribution in [1.82, 2.24) is 0 Å². The van der Waals surface area contributed by atoms with Crippen LogP contribution in [0, 0.1) is 5.92 Å². The molecule has 4 N–H and O–H groups in total. The van der Waals surface area contributed by atoms with Crippen molar-refractivity contribution in [2.45, 2.75) is 38.8 Å². The molecule has 0 spiro atoms. The predicted octanol–water partition coefficient (Wildman–Crippen LogP) is 0.463. The smallest absolute Gasteiger partial charge is 0.186 e. The van der Waals surface area contributed by atoms with Gasteiger partial charge in [0.05, 0.1) is 12.1 Å². The Labute approximate surface area is 79.3 Å². The standard InChI is InChI=1S/C9H19N3O/c1-6(2)5-13-8-3-7(4-8)12-9(10)11/h6-8H,3-5H2,1-2H3,(H4,10,11,12). The molecule has 0 amide bonds. The van der Waals surface area contributed by atoms with Crippen LogP contribution in [0.15, 0.2) is 4.99 Å². The average molecular weight is 185 g/mol. The number of rotatable bonds is 4. The topological polar surface area (TPSA) is 73.6 Å². The van der Waals surface area contributed by atoms with Gasteiger partial charge in [0, 0.05) is 6.61 Å². The maximum absolute atomic E-state index is 5.60. The van der Waals surface area contributed by atoms with Crippen molar-refractivity contribution in [3.05, 3.63) is 0 Å². The Morgan fingerprint density at radius 1 is 1.46 bits per heavy atom. The van der Waals surface area contributed by atoms with E-state index in [2.05, 4.69) is 18.8 Å². The van der Waals surface area contributed by atoms with Crippen LogP contribution >= 0.6 is 0 Å². The minimum atomic E-state index is 0.187. The maximum Gasteiger partial charge on any atom is 0.186 e. The molecule has 0 atom stereocenters. The van der Waals surface area contributed by atoms with E-state index in [1.165, 1.54) is 0 Å². The van der Waals surface area contributed by atoms with Crippen LogP contribution in [0.3, 0.4) is 0 Å². The average Bonchev–Trinajstić information content (AvgIpc) is 1.92. The van der Waals surface area contributed by atoms with Gasteiger partial charge in [0.15, 0.2) is 5.96 Å². The van der Waals surface area contributed by atoms with Gasteiger partial charge in [0.25, 0.3) is 0 Å². The molecule has 13 heavy (non-hydrogen) atoms. The molecule has 0 saturated heterocycles. The Hall–Kier alpha value is -0.770. The van der Waals surface area contributed by atoms with E-state index in [4.69, 9.17) is 16.2 Å². The first-order chi connectivity index (χ1) is 6.08. The van der Waals surface area contributed by atoms with Crippen molar-refractivity contribution in [3.8, 4) is 0 Å². The van der Waals surface area contributed by atoms with Gasteiger partial charge in [-0.15, -0.1) is 0 Å². The first-order valence-corrected chi connectivity index (χ1v) is 4.78. The Balaban J connectivity index is 2.08. The van der Waals surface area contributed by atoms with E-state index in [1.54, 1.807) is 0 Å². The van der Waals surface area contributed by atoms with E-state index in [9.17, 15) is 0 Å². The highest BCUT2D eigenvalue weighted by molar-refractivity contribution is 5.75. The van der Waals surface area contributed by atoms with Crippen LogP contribution in [0.25, 0.3) is 0 Å². The Morgan fingerprint density at radius 3 is 2.54 bits per heavy atom. The third-order valence-corrected chi connectivity index (χ3v) is 2.07. The summed E-state index contributed by atoms with van der Waals surface area (Å²) in [7, 11) is 0. The fourth-order valence-electron chi connectivity index (χ4n) is 1.32. The number of hydrogen-bond donors (Lipinski definition) is 2. The molecule has 1 saturated carbocycles. The zero-order chi connectivity index (χ0) is 9.84. The molecule has 1 aliphatic carbocycles. The van der Waals surface area contributed by atoms with Gasteiger partial charge in [0.1, 0.15) is 0 Å². The molecule has 0 heterocycles. The Morgan fingerprint density at radius 2 is 2.08 bits per heavy atom. The van der Waals surface area contributed by atoms with E-state index in [0.717, 1.165) is 19.4 Å². The van der Waals surface area contributed by atoms with Crippen LogP contribution < -0.4 is 11.5 Å². The second-order valence-corrected chi connectivity index (χ2v) is 4.03. The van der Waals surface area contributed by atoms with Crippen molar-refractivity contribution < 1.29 is 4.74 Å². The van der Waals surface area contributed by atoms with Gasteiger partial charge >= 0.3 is 0 Å². The second kappa shape index (κ2) is 4.46. The largest absolute Gasteiger partial charge is 0.378 e. The first-order valence-electron chi connectivity index (χ1n) is 4.78. The van der Waals surface area contributed by atoms with Crippen molar-refractivity contribution in [1.29, 1.82) is 0 Å². The minimum absolute atomic E-state index is 0.187. The lowest BCUT2D eigenvalue weighted by Gasteiger charge is -2.32. The quantitative estimate of drug-likeness (QED) is 0.493. The Kier molecular flexibility index (Phi) is 3.54. The molecule has 76 valence electrons. The third kappa shape index (κ3) is 3.63. The summed E-state index contributed by atoms with van der Waals surface area (Å²) in [5, 5.41) is 0. The van der Waals surface area contributed by atoms with Gasteiger partial charge in [0.2, 0.25) is 0 Å². The summed E-state index contributed by atoms with van der Waals surface area (Å²) in [6, 6.07) is 0.294. The fourth-order valence-corrected chi connectivity index (χ4v) is 1.32. The molecular weight excluding hydrogens is 166 g/mol. The molecule has 0 radical (unpaired) electrons. The molecule has 0 unspecified atom stereocenters. The Bertz CT molecular complexity index is 181. The molecule has 4 heteroatoms. The summed E-state index contributed by atoms with van der Waals surface area (Å²) in [5.74, 6) is 0.787. The SMILES string of the molecule is CC(C)COC1CC(N=C(N)N)C1. The van der Waals surface area contributed by atoms with E-state index < -0.39 is 0 Å². The molecule has 0 bridgehead atoms. The van der Waals surface area contributed by atoms with Gasteiger partial charge in [-0.05, 0) is 18.8 Å². The lowest BCUT2D eigenvalue weighted by Crippen LogP contribution is -2.38. The number of ether oxygens (including phenoxy) is 1. The number of nitrogens with zero attached hydrogens (tertiary/aromatic N) is 1. The third-order valence-electron chi connectivity index (χ3n) is 2.07. The molecule has 1 rings (SSSR count). The van der Waals surface area contributed by atoms with E-state index in [-0.39, 0.29) is 5.96 Å². The zero-order valence-corrected chi connectivity index (χ0v) is 8.36. The van der Waals surface area contributed by atoms with Crippen LogP contribution in [0.4, 0.5) is 0 Å². The maximum atomic E-state index is 5.60. The lowest BCUT2D eigenvalue weighted by molar-refractivity contribution is -0.0198. The van der Waals surface area contributed by atoms with Crippen LogP contribution in [0.2, 0.25) is 0 Å². The van der Waals surface area contributed by atoms with Gasteiger partial charge in [-0.2, -0.15) is 0 Å². The summed E-state index contributed by atoms with van der Waals surface area (Å²) >= 11 is 0. The monoisotopic (exact) mass is 185 g/mol. The summed E-state index contributed by atoms with van der Waals surface area (Å²) in [5.41, 5.74) is 10.5. The molecule has 1 fully saturated rings. The van der Waals surface area contributed by atoms with E-state index >= 15 is 0 Å². The number of aliphatic imine (C=N–C) groups is 1. The van der Waals surface area contributed by atoms with Crippen molar-refractivity contribution in [2.24, 2.45) is 22.4 Å². The molecule has 1 aliphatic rings. The summed E-state index contributed by atoms with van der Waals surface area (Å²) in [6.45, 7) is 5.12. The van der Waals surface area contributed by atoms with Gasteiger partial charge in [-0.3, -0.25) is 4.99 Å². The highest BCUT2D eigenvalue weighted by Gasteiger charge is 2.29. The molecule has 0 aliphatic heterocycles. The van der Waals surface area contributed by atoms with Crippen LogP contribution in [0.1, 0.15) is 26.7 Å². The highest BCUT2D eigenvalue weighted by atomic mass is 16.5. The molecule has 0 aromatic heterocycles. The number of hydrogen-bond acceptors (Lipinski definition) is 2. The number of nitrogens with two attached hydrogens (primary N) is 2. The minimum Gasteiger partial charge on any atom is -0.378 e.